The van der Waals surface area contributed by atoms with Gasteiger partial charge in [-0.15, -0.1) is 0 Å². The predicted octanol–water partition coefficient (Wildman–Crippen LogP) is 3.49. The fourth-order valence-corrected chi connectivity index (χ4v) is 2.78. The summed E-state index contributed by atoms with van der Waals surface area (Å²) < 4.78 is 10.6. The normalized spacial score (nSPS) is 15.8. The summed E-state index contributed by atoms with van der Waals surface area (Å²) in [6.45, 7) is 3.65. The Hall–Kier alpha value is -2.30. The zero-order chi connectivity index (χ0) is 17.9. The molecule has 130 valence electrons. The second kappa shape index (κ2) is 7.51. The SMILES string of the molecule is COc1cc(C)c(/C=C(\C)C(=O)CC(C(=O)O)C2CC2)cc1OC. The molecule has 0 bridgehead atoms. The monoisotopic (exact) mass is 332 g/mol. The Morgan fingerprint density at radius 1 is 1.25 bits per heavy atom. The Kier molecular flexibility index (Phi) is 5.65. The number of hydrogen-bond acceptors (Lipinski definition) is 4. The summed E-state index contributed by atoms with van der Waals surface area (Å²) in [7, 11) is 3.14. The first-order valence-electron chi connectivity index (χ1n) is 8.04. The third-order valence-electron chi connectivity index (χ3n) is 4.50. The summed E-state index contributed by atoms with van der Waals surface area (Å²) >= 11 is 0. The van der Waals surface area contributed by atoms with Gasteiger partial charge in [-0.3, -0.25) is 9.59 Å². The van der Waals surface area contributed by atoms with E-state index >= 15 is 0 Å². The third-order valence-corrected chi connectivity index (χ3v) is 4.50. The molecule has 5 heteroatoms. The summed E-state index contributed by atoms with van der Waals surface area (Å²) in [5.74, 6) is -0.175. The molecular formula is C19H24O5. The van der Waals surface area contributed by atoms with Gasteiger partial charge < -0.3 is 14.6 Å². The highest BCUT2D eigenvalue weighted by Gasteiger charge is 2.37. The van der Waals surface area contributed by atoms with Crippen LogP contribution in [0.4, 0.5) is 0 Å². The molecule has 1 aliphatic carbocycles. The minimum Gasteiger partial charge on any atom is -0.493 e. The summed E-state index contributed by atoms with van der Waals surface area (Å²) in [4.78, 5) is 23.7. The van der Waals surface area contributed by atoms with Crippen molar-refractivity contribution < 1.29 is 24.2 Å². The van der Waals surface area contributed by atoms with Gasteiger partial charge in [0.2, 0.25) is 0 Å². The van der Waals surface area contributed by atoms with Gasteiger partial charge in [0.25, 0.3) is 0 Å². The smallest absolute Gasteiger partial charge is 0.307 e. The lowest BCUT2D eigenvalue weighted by molar-refractivity contribution is -0.144. The number of benzene rings is 1. The quantitative estimate of drug-likeness (QED) is 0.738. The maximum atomic E-state index is 12.4. The van der Waals surface area contributed by atoms with Crippen molar-refractivity contribution in [1.29, 1.82) is 0 Å². The largest absolute Gasteiger partial charge is 0.493 e. The number of carbonyl (C=O) groups is 2. The van der Waals surface area contributed by atoms with E-state index in [4.69, 9.17) is 9.47 Å². The van der Waals surface area contributed by atoms with Gasteiger partial charge in [0.15, 0.2) is 17.3 Å². The van der Waals surface area contributed by atoms with Gasteiger partial charge in [-0.05, 0) is 67.5 Å². The molecule has 1 atom stereocenters. The van der Waals surface area contributed by atoms with Crippen LogP contribution in [0, 0.1) is 18.8 Å². The van der Waals surface area contributed by atoms with E-state index in [2.05, 4.69) is 0 Å². The number of carboxylic acids is 1. The number of allylic oxidation sites excluding steroid dienone is 1. The zero-order valence-electron chi connectivity index (χ0n) is 14.6. The van der Waals surface area contributed by atoms with Crippen molar-refractivity contribution in [3.63, 3.8) is 0 Å². The molecule has 1 saturated carbocycles. The molecule has 0 heterocycles. The minimum atomic E-state index is -0.874. The highest BCUT2D eigenvalue weighted by molar-refractivity contribution is 6.00. The van der Waals surface area contributed by atoms with E-state index in [9.17, 15) is 14.7 Å². The van der Waals surface area contributed by atoms with Crippen molar-refractivity contribution in [1.82, 2.24) is 0 Å². The Bertz CT molecular complexity index is 671. The highest BCUT2D eigenvalue weighted by atomic mass is 16.5. The predicted molar refractivity (Wildman–Crippen MR) is 91.4 cm³/mol. The standard InChI is InChI=1S/C19H24O5/c1-11-8-17(23-3)18(24-4)9-14(11)7-12(2)16(20)10-15(19(21)22)13-5-6-13/h7-9,13,15H,5-6,10H2,1-4H3,(H,21,22)/b12-7+. The Morgan fingerprint density at radius 2 is 1.83 bits per heavy atom. The number of aliphatic carboxylic acids is 1. The Morgan fingerprint density at radius 3 is 2.33 bits per heavy atom. The first-order valence-corrected chi connectivity index (χ1v) is 8.04. The summed E-state index contributed by atoms with van der Waals surface area (Å²) in [5, 5.41) is 9.27. The van der Waals surface area contributed by atoms with Crippen molar-refractivity contribution in [2.24, 2.45) is 11.8 Å². The van der Waals surface area contributed by atoms with Crippen molar-refractivity contribution >= 4 is 17.8 Å². The number of ketones is 1. The molecular weight excluding hydrogens is 308 g/mol. The van der Waals surface area contributed by atoms with Crippen LogP contribution in [0.1, 0.15) is 37.3 Å². The number of hydrogen-bond donors (Lipinski definition) is 1. The molecule has 2 rings (SSSR count). The minimum absolute atomic E-state index is 0.0642. The number of ether oxygens (including phenoxy) is 2. The first kappa shape index (κ1) is 18.0. The molecule has 0 aromatic heterocycles. The molecule has 0 saturated heterocycles. The van der Waals surface area contributed by atoms with Gasteiger partial charge in [-0.25, -0.2) is 0 Å². The second-order valence-corrected chi connectivity index (χ2v) is 6.30. The number of rotatable bonds is 8. The molecule has 1 N–H and O–H groups in total. The molecule has 0 radical (unpaired) electrons. The van der Waals surface area contributed by atoms with Crippen molar-refractivity contribution in [3.05, 3.63) is 28.8 Å². The van der Waals surface area contributed by atoms with Gasteiger partial charge in [0.05, 0.1) is 20.1 Å². The van der Waals surface area contributed by atoms with Gasteiger partial charge >= 0.3 is 5.97 Å². The average Bonchev–Trinajstić information content (AvgIpc) is 3.37. The van der Waals surface area contributed by atoms with E-state index in [1.165, 1.54) is 0 Å². The molecule has 5 nitrogen and oxygen atoms in total. The fourth-order valence-electron chi connectivity index (χ4n) is 2.78. The van der Waals surface area contributed by atoms with Crippen LogP contribution in [0.25, 0.3) is 6.08 Å². The third kappa shape index (κ3) is 4.16. The molecule has 0 aliphatic heterocycles. The topological polar surface area (TPSA) is 72.8 Å². The van der Waals surface area contributed by atoms with Gasteiger partial charge in [-0.2, -0.15) is 0 Å². The Balaban J connectivity index is 2.20. The number of carboxylic acid groups (broad SMARTS) is 1. The summed E-state index contributed by atoms with van der Waals surface area (Å²) in [6.07, 6.45) is 3.66. The van der Waals surface area contributed by atoms with Crippen LogP contribution in [-0.4, -0.2) is 31.1 Å². The van der Waals surface area contributed by atoms with Gasteiger partial charge in [0, 0.05) is 6.42 Å². The molecule has 1 unspecified atom stereocenters. The van der Waals surface area contributed by atoms with Crippen molar-refractivity contribution in [3.8, 4) is 11.5 Å². The fraction of sp³-hybridized carbons (Fsp3) is 0.474. The summed E-state index contributed by atoms with van der Waals surface area (Å²) in [6, 6.07) is 3.67. The highest BCUT2D eigenvalue weighted by Crippen LogP contribution is 2.39. The van der Waals surface area contributed by atoms with Gasteiger partial charge in [-0.1, -0.05) is 0 Å². The summed E-state index contributed by atoms with van der Waals surface area (Å²) in [5.41, 5.74) is 2.37. The van der Waals surface area contributed by atoms with E-state index < -0.39 is 11.9 Å². The van der Waals surface area contributed by atoms with Crippen LogP contribution in [0.5, 0.6) is 11.5 Å². The number of aryl methyl sites for hydroxylation is 1. The lowest BCUT2D eigenvalue weighted by Crippen LogP contribution is -2.20. The van der Waals surface area contributed by atoms with Gasteiger partial charge in [0.1, 0.15) is 0 Å². The number of methoxy groups -OCH3 is 2. The molecule has 0 spiro atoms. The molecule has 1 aliphatic rings. The number of carbonyl (C=O) groups excluding carboxylic acids is 1. The maximum Gasteiger partial charge on any atom is 0.307 e. The van der Waals surface area contributed by atoms with Crippen LogP contribution in [-0.2, 0) is 9.59 Å². The first-order chi connectivity index (χ1) is 11.4. The lowest BCUT2D eigenvalue weighted by Gasteiger charge is -2.12. The van der Waals surface area contributed by atoms with Crippen LogP contribution in [0.2, 0.25) is 0 Å². The van der Waals surface area contributed by atoms with Crippen molar-refractivity contribution in [2.45, 2.75) is 33.1 Å². The molecule has 0 amide bonds. The molecule has 24 heavy (non-hydrogen) atoms. The van der Waals surface area contributed by atoms with E-state index in [0.29, 0.717) is 17.1 Å². The van der Waals surface area contributed by atoms with Crippen molar-refractivity contribution in [2.75, 3.05) is 14.2 Å². The average molecular weight is 332 g/mol. The van der Waals surface area contributed by atoms with E-state index in [-0.39, 0.29) is 18.1 Å². The van der Waals surface area contributed by atoms with E-state index in [1.54, 1.807) is 27.2 Å². The Labute approximate surface area is 142 Å². The van der Waals surface area contributed by atoms with Crippen LogP contribution >= 0.6 is 0 Å². The molecule has 1 aromatic carbocycles. The van der Waals surface area contributed by atoms with E-state index in [1.807, 2.05) is 19.1 Å². The second-order valence-electron chi connectivity index (χ2n) is 6.30. The molecule has 1 fully saturated rings. The van der Waals surface area contributed by atoms with E-state index in [0.717, 1.165) is 24.0 Å². The van der Waals surface area contributed by atoms with Crippen LogP contribution < -0.4 is 9.47 Å². The number of Topliss-reactive ketones (excluding diaryl/α,β-unsaturated/α-hetero) is 1. The van der Waals surface area contributed by atoms with Crippen LogP contribution in [0.15, 0.2) is 17.7 Å². The molecule has 1 aromatic rings. The lowest BCUT2D eigenvalue weighted by atomic mass is 9.93. The van der Waals surface area contributed by atoms with Crippen LogP contribution in [0.3, 0.4) is 0 Å². The zero-order valence-corrected chi connectivity index (χ0v) is 14.6. The maximum absolute atomic E-state index is 12.4.